The molecule has 31 nitrogen and oxygen atoms in total. The second kappa shape index (κ2) is 48.2. The van der Waals surface area contributed by atoms with E-state index < -0.39 is 70.9 Å². The van der Waals surface area contributed by atoms with Gasteiger partial charge in [0, 0.05) is 80.6 Å². The molecular formula is C72H93Br4Cl3FN16NaO15Si3. The average molecular weight is 1970 g/mol. The molecule has 10 heterocycles. The normalized spacial score (nSPS) is 11.7. The van der Waals surface area contributed by atoms with Gasteiger partial charge in [-0.1, -0.05) is 82.1 Å². The summed E-state index contributed by atoms with van der Waals surface area (Å²) in [4.78, 5) is 111. The molecule has 115 heavy (non-hydrogen) atoms. The third-order valence-corrected chi connectivity index (χ3v) is 22.0. The number of H-pyrrole nitrogens is 3. The van der Waals surface area contributed by atoms with Crippen LogP contribution in [0.2, 0.25) is 82.1 Å². The van der Waals surface area contributed by atoms with Crippen LogP contribution in [-0.2, 0) is 43.8 Å². The number of hydrogen-bond acceptors (Lipinski definition) is 25. The number of aromatic nitrogens is 15. The van der Waals surface area contributed by atoms with Crippen LogP contribution in [0, 0.1) is 17.1 Å². The number of aliphatic hydroxyl groups is 1. The third-order valence-electron chi connectivity index (χ3n) is 14.9. The van der Waals surface area contributed by atoms with Gasteiger partial charge in [0.05, 0.1) is 82.7 Å². The molecule has 11 aromatic rings. The molecular weight excluding hydrogens is 1880 g/mol. The van der Waals surface area contributed by atoms with Crippen molar-refractivity contribution in [3.63, 3.8) is 0 Å². The number of aromatic amines is 3. The zero-order chi connectivity index (χ0) is 84.9. The molecule has 0 aliphatic carbocycles. The van der Waals surface area contributed by atoms with Crippen LogP contribution >= 0.6 is 86.9 Å². The van der Waals surface area contributed by atoms with E-state index in [0.717, 1.165) is 70.2 Å². The first kappa shape index (κ1) is 101. The number of benzene rings is 1. The average Bonchev–Trinajstić information content (AvgIpc) is 1.70. The molecule has 1 unspecified atom stereocenters. The number of carbonyl (C=O) groups excluding carboxylic acids is 5. The molecule has 620 valence electrons. The molecule has 0 saturated heterocycles. The van der Waals surface area contributed by atoms with Gasteiger partial charge in [-0.2, -0.15) is 0 Å². The Morgan fingerprint density at radius 3 is 1.55 bits per heavy atom. The number of halogens is 8. The van der Waals surface area contributed by atoms with Gasteiger partial charge >= 0.3 is 41.7 Å². The van der Waals surface area contributed by atoms with Crippen molar-refractivity contribution in [2.75, 3.05) is 39.0 Å². The largest absolute Gasteiger partial charge is 1.00 e. The van der Waals surface area contributed by atoms with E-state index in [1.807, 2.05) is 16.8 Å². The molecule has 0 fully saturated rings. The number of aliphatic hydroxyl groups excluding tert-OH is 1. The molecule has 1 aromatic carbocycles. The van der Waals surface area contributed by atoms with E-state index in [1.54, 1.807) is 103 Å². The maximum Gasteiger partial charge on any atom is 1.00 e. The molecule has 0 aliphatic rings. The van der Waals surface area contributed by atoms with Crippen LogP contribution in [0.3, 0.4) is 0 Å². The van der Waals surface area contributed by atoms with Crippen LogP contribution in [0.1, 0.15) is 96.8 Å². The fraction of sp³-hybridized carbons (Fsp3) is 0.431. The van der Waals surface area contributed by atoms with Gasteiger partial charge in [0.1, 0.15) is 101 Å². The molecule has 2 amide bonds. The van der Waals surface area contributed by atoms with Crippen LogP contribution in [0.4, 0.5) is 14.0 Å². The monoisotopic (exact) mass is 1970 g/mol. The molecule has 10 aromatic heterocycles. The number of aldehydes is 3. The SMILES string of the molecule is Brc1cnc2[nH]ccc2n1.CC(Oc1cnc2c(n1)c(C=O)cn2COCC[Si](C)(C)C)c1c(OCCN(C(=O)OC(C)(C)C)C(=O)OC(C)(C)C)ccc(F)c1Cl.C[Si](C)(C)CCOCCl.C[Si](C)(C)CCOCn1cc(C=O)c2nc(Br)cnc21.O=Cc1c[nH]c2ncc(Br)nc12.OCc1c[nH]c2ncc(Br)nc12.[Na+].[O-][Cl+][O-]. The van der Waals surface area contributed by atoms with Gasteiger partial charge in [0.15, 0.2) is 47.1 Å². The zero-order valence-electron chi connectivity index (χ0n) is 66.8. The predicted octanol–water partition coefficient (Wildman–Crippen LogP) is 13.0. The van der Waals surface area contributed by atoms with Crippen LogP contribution in [0.25, 0.3) is 55.8 Å². The van der Waals surface area contributed by atoms with Gasteiger partial charge in [-0.05, 0) is 149 Å². The smallest absolute Gasteiger partial charge is 0.544 e. The van der Waals surface area contributed by atoms with Gasteiger partial charge < -0.3 is 71.7 Å². The van der Waals surface area contributed by atoms with E-state index in [1.165, 1.54) is 18.3 Å². The number of hydrogen-bond donors (Lipinski definition) is 4. The number of fused-ring (bicyclic) bond motifs is 5. The molecule has 0 saturated carbocycles. The Morgan fingerprint density at radius 1 is 0.617 bits per heavy atom. The molecule has 43 heteroatoms. The summed E-state index contributed by atoms with van der Waals surface area (Å²) in [5.41, 5.74) is 6.90. The number of carbonyl (C=O) groups is 5. The first-order valence-corrected chi connectivity index (χ1v) is 50.8. The maximum absolute atomic E-state index is 14.7. The quantitative estimate of drug-likeness (QED) is 0.0179. The van der Waals surface area contributed by atoms with Crippen LogP contribution < -0.4 is 48.3 Å². The van der Waals surface area contributed by atoms with Crippen molar-refractivity contribution in [1.82, 2.24) is 78.8 Å². The molecule has 0 aliphatic heterocycles. The molecule has 0 radical (unpaired) electrons. The minimum atomic E-state index is -1.27. The van der Waals surface area contributed by atoms with E-state index >= 15 is 0 Å². The van der Waals surface area contributed by atoms with Gasteiger partial charge in [0.25, 0.3) is 0 Å². The number of nitrogens with one attached hydrogen (secondary N) is 3. The standard InChI is InChI=1S/C33H46ClFN4O8Si.C13H18BrN3O2Si.C7H6BrN3O.C7H4BrN3O.C6H4BrN3.C6H15ClOSi.ClO2.Na/c1-21(45-25-17-36-29-28(37-25)22(19-40)18-38(29)20-43-15-16-48(8,9)10)26-24(12-11-23(35)27(26)34)44-14-13-39(30(41)46-32(2,3)4)31(42)47-33(5,6)7;1-20(2,3)5-4-19-9-17-7-10(8-18)12-13(17)15-6-11(14)16-12;2*8-5-2-10-7-6(11-5)4(3-12)1-9-7;7-5-3-9-6-4(10-5)1-2-8-6;1-9(2,3)5-4-8-6-7;2-1-3;/h11-12,17-19,21H,13-16,20H2,1-10H3;6-8H,4-5,9H2,1-3H3;1-2,12H,3H2,(H,9,10);1-3H,(H,9,10);1-3H,(H,8,9);4-6H2,1-3H3;;/q;;;;;;-1;+1. The van der Waals surface area contributed by atoms with Crippen molar-refractivity contribution < 1.29 is 117 Å². The third kappa shape index (κ3) is 35.0. The van der Waals surface area contributed by atoms with Crippen molar-refractivity contribution in [2.24, 2.45) is 0 Å². The minimum Gasteiger partial charge on any atom is -0.544 e. The second-order valence-electron chi connectivity index (χ2n) is 30.2. The van der Waals surface area contributed by atoms with Crippen molar-refractivity contribution in [1.29, 1.82) is 0 Å². The fourth-order valence-electron chi connectivity index (χ4n) is 9.32. The minimum absolute atomic E-state index is 0. The molecule has 4 N–H and O–H groups in total. The Kier molecular flexibility index (Phi) is 42.4. The van der Waals surface area contributed by atoms with Crippen molar-refractivity contribution in [3.05, 3.63) is 137 Å². The summed E-state index contributed by atoms with van der Waals surface area (Å²) in [6, 6.07) is 8.03. The Balaban J connectivity index is 0.000000335. The van der Waals surface area contributed by atoms with Crippen molar-refractivity contribution in [2.45, 2.75) is 163 Å². The van der Waals surface area contributed by atoms with Crippen LogP contribution in [-0.4, -0.2) is 189 Å². The Hall–Kier alpha value is -6.20. The Bertz CT molecular complexity index is 4920. The number of rotatable bonds is 25. The number of nitrogens with zero attached hydrogens (tertiary/aromatic N) is 13. The van der Waals surface area contributed by atoms with E-state index in [4.69, 9.17) is 70.8 Å². The number of amides is 2. The summed E-state index contributed by atoms with van der Waals surface area (Å²) in [5.74, 6) is -0.510. The molecule has 0 bridgehead atoms. The van der Waals surface area contributed by atoms with E-state index in [0.29, 0.717) is 101 Å². The molecule has 11 rings (SSSR count). The summed E-state index contributed by atoms with van der Waals surface area (Å²) in [6.07, 6.45) is 15.8. The second-order valence-corrected chi connectivity index (χ2v) is 51.0. The molecule has 1 atom stereocenters. The summed E-state index contributed by atoms with van der Waals surface area (Å²) in [6.45, 7) is 34.6. The van der Waals surface area contributed by atoms with Crippen LogP contribution in [0.15, 0.2) is 98.6 Å². The van der Waals surface area contributed by atoms with E-state index in [9.17, 15) is 28.4 Å². The number of alkyl halides is 1. The first-order chi connectivity index (χ1) is 53.5. The van der Waals surface area contributed by atoms with Gasteiger partial charge in [0.2, 0.25) is 5.88 Å². The van der Waals surface area contributed by atoms with E-state index in [-0.39, 0.29) is 78.3 Å². The van der Waals surface area contributed by atoms with Gasteiger partial charge in [-0.3, -0.25) is 14.4 Å². The summed E-state index contributed by atoms with van der Waals surface area (Å²) in [5, 5.41) is 8.66. The Labute approximate surface area is 737 Å². The van der Waals surface area contributed by atoms with Gasteiger partial charge in [-0.15, -0.1) is 0 Å². The fourth-order valence-corrected chi connectivity index (χ4v) is 13.1. The van der Waals surface area contributed by atoms with Gasteiger partial charge in [-0.25, -0.2) is 68.7 Å². The first-order valence-electron chi connectivity index (χ1n) is 35.0. The maximum atomic E-state index is 14.7. The Morgan fingerprint density at radius 2 is 1.06 bits per heavy atom. The zero-order valence-corrected chi connectivity index (χ0v) is 80.4. The summed E-state index contributed by atoms with van der Waals surface area (Å²) < 4.78 is 76.6. The van der Waals surface area contributed by atoms with Crippen molar-refractivity contribution in [3.8, 4) is 11.6 Å². The van der Waals surface area contributed by atoms with E-state index in [2.05, 4.69) is 187 Å². The summed E-state index contributed by atoms with van der Waals surface area (Å²) in [7, 11) is -3.23. The molecule has 0 spiro atoms. The predicted molar refractivity (Wildman–Crippen MR) is 448 cm³/mol. The summed E-state index contributed by atoms with van der Waals surface area (Å²) >= 11 is 24.2. The van der Waals surface area contributed by atoms with Crippen LogP contribution in [0.5, 0.6) is 11.6 Å². The van der Waals surface area contributed by atoms with Crippen molar-refractivity contribution >= 4 is 198 Å². The number of imide groups is 1. The topological polar surface area (TPSA) is 406 Å². The number of ether oxygens (including phenoxy) is 7.